The summed E-state index contributed by atoms with van der Waals surface area (Å²) in [6.45, 7) is 4.21. The number of ether oxygens (including phenoxy) is 1. The summed E-state index contributed by atoms with van der Waals surface area (Å²) in [5, 5.41) is -0.0134. The molecule has 1 aromatic heterocycles. The van der Waals surface area contributed by atoms with Crippen molar-refractivity contribution in [3.05, 3.63) is 23.5 Å². The molecule has 0 radical (unpaired) electrons. The average Bonchev–Trinajstić information content (AvgIpc) is 2.29. The van der Waals surface area contributed by atoms with Gasteiger partial charge in [-0.2, -0.15) is 4.31 Å². The topological polar surface area (TPSA) is 59.5 Å². The molecule has 0 atom stereocenters. The highest BCUT2D eigenvalue weighted by atomic mass is 35.5. The highest BCUT2D eigenvalue weighted by molar-refractivity contribution is 7.89. The van der Waals surface area contributed by atoms with Crippen LogP contribution in [0.4, 0.5) is 0 Å². The second-order valence-electron chi connectivity index (χ2n) is 3.99. The Balaban J connectivity index is 3.14. The Kier molecular flexibility index (Phi) is 5.52. The quantitative estimate of drug-likeness (QED) is 0.750. The van der Waals surface area contributed by atoms with E-state index in [1.54, 1.807) is 19.9 Å². The van der Waals surface area contributed by atoms with Gasteiger partial charge in [0.1, 0.15) is 10.0 Å². The van der Waals surface area contributed by atoms with Gasteiger partial charge in [0.25, 0.3) is 0 Å². The number of sulfonamides is 1. The Hall–Kier alpha value is -0.690. The van der Waals surface area contributed by atoms with Crippen LogP contribution in [0.1, 0.15) is 13.8 Å². The zero-order valence-corrected chi connectivity index (χ0v) is 12.2. The van der Waals surface area contributed by atoms with E-state index in [1.165, 1.54) is 23.7 Å². The van der Waals surface area contributed by atoms with E-state index in [0.717, 1.165) is 0 Å². The molecule has 1 aromatic rings. The third-order valence-electron chi connectivity index (χ3n) is 2.40. The van der Waals surface area contributed by atoms with Crippen LogP contribution in [0.3, 0.4) is 0 Å². The lowest BCUT2D eigenvalue weighted by molar-refractivity contribution is 0.171. The van der Waals surface area contributed by atoms with Gasteiger partial charge in [0.05, 0.1) is 6.61 Å². The van der Waals surface area contributed by atoms with Gasteiger partial charge in [-0.25, -0.2) is 13.4 Å². The van der Waals surface area contributed by atoms with Crippen molar-refractivity contribution >= 4 is 21.6 Å². The van der Waals surface area contributed by atoms with Crippen molar-refractivity contribution in [3.8, 4) is 0 Å². The molecule has 18 heavy (non-hydrogen) atoms. The third-order valence-corrected chi connectivity index (χ3v) is 4.92. The molecule has 0 aromatic carbocycles. The Bertz CT molecular complexity index is 491. The molecule has 0 saturated heterocycles. The zero-order chi connectivity index (χ0) is 13.8. The molecule has 1 rings (SSSR count). The molecule has 0 aliphatic heterocycles. The molecule has 0 amide bonds. The minimum absolute atomic E-state index is 0.0134. The Labute approximate surface area is 113 Å². The van der Waals surface area contributed by atoms with Crippen molar-refractivity contribution < 1.29 is 13.2 Å². The molecular weight excluding hydrogens is 276 g/mol. The van der Waals surface area contributed by atoms with Crippen molar-refractivity contribution in [1.82, 2.24) is 9.29 Å². The number of methoxy groups -OCH3 is 1. The Morgan fingerprint density at radius 1 is 1.50 bits per heavy atom. The minimum atomic E-state index is -3.64. The van der Waals surface area contributed by atoms with Crippen LogP contribution in [0.5, 0.6) is 0 Å². The van der Waals surface area contributed by atoms with Crippen LogP contribution in [0.2, 0.25) is 5.15 Å². The van der Waals surface area contributed by atoms with Gasteiger partial charge < -0.3 is 4.74 Å². The monoisotopic (exact) mass is 292 g/mol. The third kappa shape index (κ3) is 3.41. The fraction of sp³-hybridized carbons (Fsp3) is 0.545. The van der Waals surface area contributed by atoms with Crippen molar-refractivity contribution in [2.45, 2.75) is 24.8 Å². The predicted molar refractivity (Wildman–Crippen MR) is 70.2 cm³/mol. The van der Waals surface area contributed by atoms with Gasteiger partial charge in [0, 0.05) is 25.9 Å². The standard InChI is InChI=1S/C11H17ClN2O3S/c1-9(2)14(7-8-17-3)18(15,16)10-5-4-6-13-11(10)12/h4-6,9H,7-8H2,1-3H3. The smallest absolute Gasteiger partial charge is 0.246 e. The maximum absolute atomic E-state index is 12.4. The van der Waals surface area contributed by atoms with E-state index >= 15 is 0 Å². The average molecular weight is 293 g/mol. The number of nitrogens with zero attached hydrogens (tertiary/aromatic N) is 2. The first-order valence-electron chi connectivity index (χ1n) is 5.52. The summed E-state index contributed by atoms with van der Waals surface area (Å²) >= 11 is 5.84. The van der Waals surface area contributed by atoms with Gasteiger partial charge in [-0.3, -0.25) is 0 Å². The van der Waals surface area contributed by atoms with E-state index in [1.807, 2.05) is 0 Å². The number of hydrogen-bond donors (Lipinski definition) is 0. The number of aromatic nitrogens is 1. The fourth-order valence-electron chi connectivity index (χ4n) is 1.53. The van der Waals surface area contributed by atoms with Gasteiger partial charge in [-0.1, -0.05) is 11.6 Å². The zero-order valence-electron chi connectivity index (χ0n) is 10.6. The molecule has 1 heterocycles. The van der Waals surface area contributed by atoms with Gasteiger partial charge in [-0.15, -0.1) is 0 Å². The number of pyridine rings is 1. The normalized spacial score (nSPS) is 12.3. The second kappa shape index (κ2) is 6.47. The lowest BCUT2D eigenvalue weighted by Gasteiger charge is -2.25. The first kappa shape index (κ1) is 15.4. The van der Waals surface area contributed by atoms with Crippen LogP contribution < -0.4 is 0 Å². The first-order chi connectivity index (χ1) is 8.41. The molecule has 0 N–H and O–H groups in total. The van der Waals surface area contributed by atoms with E-state index < -0.39 is 10.0 Å². The van der Waals surface area contributed by atoms with E-state index in [-0.39, 0.29) is 22.6 Å². The van der Waals surface area contributed by atoms with Gasteiger partial charge in [-0.05, 0) is 26.0 Å². The van der Waals surface area contributed by atoms with Crippen molar-refractivity contribution in [2.24, 2.45) is 0 Å². The summed E-state index contributed by atoms with van der Waals surface area (Å²) in [4.78, 5) is 3.82. The SMILES string of the molecule is COCCN(C(C)C)S(=O)(=O)c1cccnc1Cl. The van der Waals surface area contributed by atoms with E-state index in [9.17, 15) is 8.42 Å². The van der Waals surface area contributed by atoms with Crippen molar-refractivity contribution in [3.63, 3.8) is 0 Å². The molecule has 0 aliphatic carbocycles. The molecular formula is C11H17ClN2O3S. The van der Waals surface area contributed by atoms with E-state index in [0.29, 0.717) is 6.61 Å². The van der Waals surface area contributed by atoms with Gasteiger partial charge in [0.15, 0.2) is 0 Å². The van der Waals surface area contributed by atoms with Crippen LogP contribution in [0.25, 0.3) is 0 Å². The maximum Gasteiger partial charge on any atom is 0.246 e. The summed E-state index contributed by atoms with van der Waals surface area (Å²) in [6, 6.07) is 2.82. The Morgan fingerprint density at radius 2 is 2.17 bits per heavy atom. The largest absolute Gasteiger partial charge is 0.383 e. The van der Waals surface area contributed by atoms with E-state index in [2.05, 4.69) is 4.98 Å². The first-order valence-corrected chi connectivity index (χ1v) is 7.34. The number of rotatable bonds is 6. The minimum Gasteiger partial charge on any atom is -0.383 e. The Morgan fingerprint density at radius 3 is 2.67 bits per heavy atom. The van der Waals surface area contributed by atoms with E-state index in [4.69, 9.17) is 16.3 Å². The molecule has 0 fully saturated rings. The summed E-state index contributed by atoms with van der Waals surface area (Å²) in [5.41, 5.74) is 0. The molecule has 0 bridgehead atoms. The summed E-state index contributed by atoms with van der Waals surface area (Å²) < 4.78 is 31.2. The molecule has 0 spiro atoms. The summed E-state index contributed by atoms with van der Waals surface area (Å²) in [7, 11) is -2.11. The van der Waals surface area contributed by atoms with Crippen LogP contribution in [0.15, 0.2) is 23.2 Å². The summed E-state index contributed by atoms with van der Waals surface area (Å²) in [6.07, 6.45) is 1.45. The highest BCUT2D eigenvalue weighted by Crippen LogP contribution is 2.23. The molecule has 0 unspecified atom stereocenters. The molecule has 7 heteroatoms. The maximum atomic E-state index is 12.4. The molecule has 5 nitrogen and oxygen atoms in total. The van der Waals surface area contributed by atoms with Crippen LogP contribution >= 0.6 is 11.6 Å². The highest BCUT2D eigenvalue weighted by Gasteiger charge is 2.28. The van der Waals surface area contributed by atoms with Crippen LogP contribution in [-0.2, 0) is 14.8 Å². The van der Waals surface area contributed by atoms with Crippen molar-refractivity contribution in [2.75, 3.05) is 20.3 Å². The molecule has 0 aliphatic rings. The number of halogens is 1. The van der Waals surface area contributed by atoms with Crippen molar-refractivity contribution in [1.29, 1.82) is 0 Å². The predicted octanol–water partition coefficient (Wildman–Crippen LogP) is 1.78. The van der Waals surface area contributed by atoms with Gasteiger partial charge >= 0.3 is 0 Å². The second-order valence-corrected chi connectivity index (χ2v) is 6.21. The molecule has 102 valence electrons. The lowest BCUT2D eigenvalue weighted by Crippen LogP contribution is -2.39. The number of hydrogen-bond acceptors (Lipinski definition) is 4. The lowest BCUT2D eigenvalue weighted by atomic mass is 10.4. The van der Waals surface area contributed by atoms with Crippen LogP contribution in [-0.4, -0.2) is 44.0 Å². The van der Waals surface area contributed by atoms with Crippen LogP contribution in [0, 0.1) is 0 Å². The van der Waals surface area contributed by atoms with Gasteiger partial charge in [0.2, 0.25) is 10.0 Å². The fourth-order valence-corrected chi connectivity index (χ4v) is 3.58. The summed E-state index contributed by atoms with van der Waals surface area (Å²) in [5.74, 6) is 0. The molecule has 0 saturated carbocycles.